The first kappa shape index (κ1) is 22.6. The van der Waals surface area contributed by atoms with Gasteiger partial charge in [-0.15, -0.1) is 0 Å². The molecule has 3 aromatic rings. The van der Waals surface area contributed by atoms with E-state index in [0.717, 1.165) is 10.5 Å². The molecule has 1 fully saturated rings. The lowest BCUT2D eigenvalue weighted by Gasteiger charge is -2.22. The van der Waals surface area contributed by atoms with Gasteiger partial charge in [0.2, 0.25) is 5.91 Å². The molecule has 2 N–H and O–H groups in total. The van der Waals surface area contributed by atoms with Crippen molar-refractivity contribution in [3.63, 3.8) is 0 Å². The second-order valence-electron chi connectivity index (χ2n) is 8.13. The molecule has 0 saturated carbocycles. The van der Waals surface area contributed by atoms with Crippen molar-refractivity contribution in [1.82, 2.24) is 10.2 Å². The average Bonchev–Trinajstić information content (AvgIpc) is 3.04. The highest BCUT2D eigenvalue weighted by Crippen LogP contribution is 2.29. The number of carbonyl (C=O) groups is 3. The Hall–Kier alpha value is -4.64. The number of nitriles is 1. The highest BCUT2D eigenvalue weighted by atomic mass is 16.5. The highest BCUT2D eigenvalue weighted by Gasteiger charge is 2.49. The minimum atomic E-state index is -1.32. The molecule has 4 rings (SSSR count). The smallest absolute Gasteiger partial charge is 0.325 e. The molecule has 1 aliphatic rings. The summed E-state index contributed by atoms with van der Waals surface area (Å²) in [6, 6.07) is 22.2. The molecule has 34 heavy (non-hydrogen) atoms. The number of imide groups is 1. The first-order chi connectivity index (χ1) is 16.3. The maximum absolute atomic E-state index is 13.0. The SMILES string of the molecule is Cc1cccc(Oc2ccc(NC(=O)CN3C(=O)NC(C)(c4ccc(C#N)cc4)C3=O)cc2)c1. The Balaban J connectivity index is 1.39. The summed E-state index contributed by atoms with van der Waals surface area (Å²) in [5.74, 6) is 0.260. The maximum atomic E-state index is 13.0. The largest absolute Gasteiger partial charge is 0.457 e. The molecule has 1 unspecified atom stereocenters. The number of anilines is 1. The number of nitrogens with one attached hydrogen (secondary N) is 2. The summed E-state index contributed by atoms with van der Waals surface area (Å²) in [5.41, 5.74) is 1.23. The van der Waals surface area contributed by atoms with Crippen molar-refractivity contribution < 1.29 is 19.1 Å². The lowest BCUT2D eigenvalue weighted by molar-refractivity contribution is -0.133. The maximum Gasteiger partial charge on any atom is 0.325 e. The standard InChI is InChI=1S/C26H22N4O4/c1-17-4-3-5-22(14-17)34-21-12-10-20(11-13-21)28-23(31)16-30-24(32)26(2,29-25(30)33)19-8-6-18(15-27)7-9-19/h3-14H,16H2,1-2H3,(H,28,31)(H,29,33). The zero-order chi connectivity index (χ0) is 24.3. The Kier molecular flexibility index (Phi) is 6.02. The van der Waals surface area contributed by atoms with Crippen LogP contribution in [-0.4, -0.2) is 29.3 Å². The Morgan fingerprint density at radius 3 is 2.41 bits per heavy atom. The molecule has 0 aromatic heterocycles. The van der Waals surface area contributed by atoms with Crippen molar-refractivity contribution in [2.45, 2.75) is 19.4 Å². The van der Waals surface area contributed by atoms with Crippen molar-refractivity contribution in [3.05, 3.63) is 89.5 Å². The molecule has 170 valence electrons. The molecule has 1 atom stereocenters. The molecule has 1 saturated heterocycles. The zero-order valence-corrected chi connectivity index (χ0v) is 18.7. The summed E-state index contributed by atoms with van der Waals surface area (Å²) in [6.45, 7) is 3.11. The lowest BCUT2D eigenvalue weighted by atomic mass is 9.91. The van der Waals surface area contributed by atoms with Crippen LogP contribution in [0.3, 0.4) is 0 Å². The van der Waals surface area contributed by atoms with E-state index in [1.54, 1.807) is 55.5 Å². The van der Waals surface area contributed by atoms with E-state index >= 15 is 0 Å². The molecule has 3 aromatic carbocycles. The van der Waals surface area contributed by atoms with Gasteiger partial charge >= 0.3 is 6.03 Å². The topological polar surface area (TPSA) is 112 Å². The van der Waals surface area contributed by atoms with E-state index in [1.807, 2.05) is 37.3 Å². The number of rotatable bonds is 6. The van der Waals surface area contributed by atoms with E-state index in [9.17, 15) is 14.4 Å². The van der Waals surface area contributed by atoms with Gasteiger partial charge in [-0.3, -0.25) is 14.5 Å². The predicted molar refractivity (Wildman–Crippen MR) is 125 cm³/mol. The number of aryl methyl sites for hydroxylation is 1. The average molecular weight is 454 g/mol. The Morgan fingerprint density at radius 1 is 1.06 bits per heavy atom. The summed E-state index contributed by atoms with van der Waals surface area (Å²) < 4.78 is 5.80. The third kappa shape index (κ3) is 4.59. The third-order valence-corrected chi connectivity index (χ3v) is 5.53. The van der Waals surface area contributed by atoms with Gasteiger partial charge in [0, 0.05) is 5.69 Å². The fourth-order valence-electron chi connectivity index (χ4n) is 3.68. The molecule has 4 amide bonds. The summed E-state index contributed by atoms with van der Waals surface area (Å²) >= 11 is 0. The summed E-state index contributed by atoms with van der Waals surface area (Å²) in [4.78, 5) is 38.9. The van der Waals surface area contributed by atoms with Gasteiger partial charge in [-0.2, -0.15) is 5.26 Å². The number of hydrogen-bond acceptors (Lipinski definition) is 5. The van der Waals surface area contributed by atoms with Crippen LogP contribution in [0.15, 0.2) is 72.8 Å². The normalized spacial score (nSPS) is 17.1. The van der Waals surface area contributed by atoms with Crippen LogP contribution in [0.5, 0.6) is 11.5 Å². The Labute approximate surface area is 196 Å². The molecule has 1 aliphatic heterocycles. The number of ether oxygens (including phenoxy) is 1. The van der Waals surface area contributed by atoms with E-state index in [0.29, 0.717) is 28.3 Å². The molecule has 1 heterocycles. The first-order valence-electron chi connectivity index (χ1n) is 10.6. The first-order valence-corrected chi connectivity index (χ1v) is 10.6. The molecule has 8 heteroatoms. The van der Waals surface area contributed by atoms with Crippen LogP contribution in [0.2, 0.25) is 0 Å². The molecule has 0 aliphatic carbocycles. The van der Waals surface area contributed by atoms with Gasteiger partial charge < -0.3 is 15.4 Å². The van der Waals surface area contributed by atoms with E-state index < -0.39 is 29.9 Å². The van der Waals surface area contributed by atoms with Crippen LogP contribution in [0.1, 0.15) is 23.6 Å². The van der Waals surface area contributed by atoms with Crippen LogP contribution in [-0.2, 0) is 15.1 Å². The molecular formula is C26H22N4O4. The highest BCUT2D eigenvalue weighted by molar-refractivity contribution is 6.10. The number of hydrogen-bond donors (Lipinski definition) is 2. The van der Waals surface area contributed by atoms with Gasteiger partial charge in [0.25, 0.3) is 5.91 Å². The van der Waals surface area contributed by atoms with Crippen LogP contribution in [0, 0.1) is 18.3 Å². The lowest BCUT2D eigenvalue weighted by Crippen LogP contribution is -2.42. The van der Waals surface area contributed by atoms with Crippen molar-refractivity contribution >= 4 is 23.5 Å². The van der Waals surface area contributed by atoms with Gasteiger partial charge in [0.1, 0.15) is 23.6 Å². The summed E-state index contributed by atoms with van der Waals surface area (Å²) in [7, 11) is 0. The summed E-state index contributed by atoms with van der Waals surface area (Å²) in [5, 5.41) is 14.3. The third-order valence-electron chi connectivity index (χ3n) is 5.53. The van der Waals surface area contributed by atoms with Crippen molar-refractivity contribution in [3.8, 4) is 17.6 Å². The predicted octanol–water partition coefficient (Wildman–Crippen LogP) is 4.06. The van der Waals surface area contributed by atoms with Crippen LogP contribution in [0.4, 0.5) is 10.5 Å². The van der Waals surface area contributed by atoms with Gasteiger partial charge in [-0.25, -0.2) is 4.79 Å². The second kappa shape index (κ2) is 9.08. The Morgan fingerprint density at radius 2 is 1.76 bits per heavy atom. The van der Waals surface area contributed by atoms with Crippen LogP contribution in [0.25, 0.3) is 0 Å². The van der Waals surface area contributed by atoms with Gasteiger partial charge in [-0.05, 0) is 73.5 Å². The van der Waals surface area contributed by atoms with Crippen molar-refractivity contribution in [1.29, 1.82) is 5.26 Å². The number of carbonyl (C=O) groups excluding carboxylic acids is 3. The zero-order valence-electron chi connectivity index (χ0n) is 18.7. The molecule has 0 spiro atoms. The molecule has 8 nitrogen and oxygen atoms in total. The Bertz CT molecular complexity index is 1300. The number of nitrogens with zero attached hydrogens (tertiary/aromatic N) is 2. The quantitative estimate of drug-likeness (QED) is 0.546. The van der Waals surface area contributed by atoms with Gasteiger partial charge in [0.05, 0.1) is 11.6 Å². The minimum Gasteiger partial charge on any atom is -0.457 e. The van der Waals surface area contributed by atoms with E-state index in [-0.39, 0.29) is 0 Å². The summed E-state index contributed by atoms with van der Waals surface area (Å²) in [6.07, 6.45) is 0. The number of amides is 4. The minimum absolute atomic E-state index is 0.432. The fraction of sp³-hybridized carbons (Fsp3) is 0.154. The fourth-order valence-corrected chi connectivity index (χ4v) is 3.68. The second-order valence-corrected chi connectivity index (χ2v) is 8.13. The molecule has 0 radical (unpaired) electrons. The van der Waals surface area contributed by atoms with Crippen LogP contribution >= 0.6 is 0 Å². The van der Waals surface area contributed by atoms with Crippen LogP contribution < -0.4 is 15.4 Å². The van der Waals surface area contributed by atoms with Crippen molar-refractivity contribution in [2.75, 3.05) is 11.9 Å². The van der Waals surface area contributed by atoms with E-state index in [4.69, 9.17) is 10.00 Å². The van der Waals surface area contributed by atoms with Gasteiger partial charge in [-0.1, -0.05) is 24.3 Å². The molecular weight excluding hydrogens is 432 g/mol. The van der Waals surface area contributed by atoms with E-state index in [1.165, 1.54) is 0 Å². The van der Waals surface area contributed by atoms with Crippen molar-refractivity contribution in [2.24, 2.45) is 0 Å². The van der Waals surface area contributed by atoms with E-state index in [2.05, 4.69) is 10.6 Å². The number of benzene rings is 3. The monoisotopic (exact) mass is 454 g/mol. The molecule has 0 bridgehead atoms. The number of urea groups is 1. The van der Waals surface area contributed by atoms with Gasteiger partial charge in [0.15, 0.2) is 0 Å².